The average Bonchev–Trinajstić information content (AvgIpc) is 2.56. The zero-order valence-electron chi connectivity index (χ0n) is 17.0. The second-order valence-electron chi connectivity index (χ2n) is 7.24. The number of rotatable bonds is 7. The predicted octanol–water partition coefficient (Wildman–Crippen LogP) is 0.907. The van der Waals surface area contributed by atoms with E-state index in [0.717, 1.165) is 0 Å². The van der Waals surface area contributed by atoms with Crippen molar-refractivity contribution in [2.75, 3.05) is 27.2 Å². The Morgan fingerprint density at radius 1 is 1.15 bits per heavy atom. The van der Waals surface area contributed by atoms with E-state index < -0.39 is 10.0 Å². The molecule has 0 aromatic heterocycles. The quantitative estimate of drug-likeness (QED) is 0.469. The summed E-state index contributed by atoms with van der Waals surface area (Å²) in [6.45, 7) is 8.49. The van der Waals surface area contributed by atoms with E-state index in [1.165, 1.54) is 18.4 Å². The number of nitrogens with one attached hydrogen (secondary N) is 3. The van der Waals surface area contributed by atoms with Crippen LogP contribution in [0.3, 0.4) is 0 Å². The van der Waals surface area contributed by atoms with Crippen molar-refractivity contribution in [1.29, 1.82) is 0 Å². The van der Waals surface area contributed by atoms with Crippen LogP contribution in [0, 0.1) is 0 Å². The van der Waals surface area contributed by atoms with Crippen LogP contribution in [0.4, 0.5) is 0 Å². The molecule has 8 nitrogen and oxygen atoms in total. The summed E-state index contributed by atoms with van der Waals surface area (Å²) >= 11 is 0. The summed E-state index contributed by atoms with van der Waals surface area (Å²) in [5, 5.41) is 8.88. The molecule has 1 aromatic rings. The average molecular weight is 398 g/mol. The lowest BCUT2D eigenvalue weighted by atomic mass is 10.1. The van der Waals surface area contributed by atoms with Crippen LogP contribution in [0.5, 0.6) is 0 Å². The summed E-state index contributed by atoms with van der Waals surface area (Å²) in [6, 6.07) is 6.76. The van der Waals surface area contributed by atoms with Crippen molar-refractivity contribution in [2.24, 2.45) is 4.99 Å². The highest BCUT2D eigenvalue weighted by molar-refractivity contribution is 7.89. The lowest BCUT2D eigenvalue weighted by Gasteiger charge is -2.21. The number of hydrogen-bond acceptors (Lipinski definition) is 4. The second-order valence-corrected chi connectivity index (χ2v) is 9.36. The van der Waals surface area contributed by atoms with Gasteiger partial charge in [-0.05, 0) is 39.3 Å². The molecule has 3 N–H and O–H groups in total. The van der Waals surface area contributed by atoms with Gasteiger partial charge in [0.25, 0.3) is 0 Å². The fourth-order valence-electron chi connectivity index (χ4n) is 2.22. The monoisotopic (exact) mass is 397 g/mol. The van der Waals surface area contributed by atoms with Gasteiger partial charge in [-0.3, -0.25) is 4.79 Å². The fourth-order valence-corrected chi connectivity index (χ4v) is 3.32. The SMILES string of the molecule is CCNC(=NCc1ccccc1S(=O)(=O)N(C)C)NCC(=O)NC(C)(C)C. The van der Waals surface area contributed by atoms with Crippen molar-refractivity contribution in [1.82, 2.24) is 20.3 Å². The first-order valence-electron chi connectivity index (χ1n) is 8.81. The number of guanidine groups is 1. The molecular weight excluding hydrogens is 366 g/mol. The molecule has 0 atom stereocenters. The first-order valence-corrected chi connectivity index (χ1v) is 10.2. The molecule has 0 saturated carbocycles. The Morgan fingerprint density at radius 2 is 1.78 bits per heavy atom. The molecule has 0 radical (unpaired) electrons. The van der Waals surface area contributed by atoms with Crippen molar-refractivity contribution in [3.8, 4) is 0 Å². The van der Waals surface area contributed by atoms with Gasteiger partial charge in [-0.1, -0.05) is 18.2 Å². The van der Waals surface area contributed by atoms with Gasteiger partial charge in [0, 0.05) is 26.2 Å². The van der Waals surface area contributed by atoms with Crippen LogP contribution >= 0.6 is 0 Å². The highest BCUT2D eigenvalue weighted by Crippen LogP contribution is 2.19. The van der Waals surface area contributed by atoms with Gasteiger partial charge in [0.1, 0.15) is 0 Å². The molecule has 0 fully saturated rings. The van der Waals surface area contributed by atoms with Crippen LogP contribution in [0.25, 0.3) is 0 Å². The number of nitrogens with zero attached hydrogens (tertiary/aromatic N) is 2. The Bertz CT molecular complexity index is 767. The molecule has 0 aliphatic heterocycles. The Labute approximate surface area is 162 Å². The van der Waals surface area contributed by atoms with E-state index in [0.29, 0.717) is 18.1 Å². The summed E-state index contributed by atoms with van der Waals surface area (Å²) in [5.41, 5.74) is 0.274. The Hall–Kier alpha value is -2.13. The summed E-state index contributed by atoms with van der Waals surface area (Å²) in [6.07, 6.45) is 0. The zero-order chi connectivity index (χ0) is 20.7. The lowest BCUT2D eigenvalue weighted by molar-refractivity contribution is -0.121. The van der Waals surface area contributed by atoms with E-state index in [1.807, 2.05) is 27.7 Å². The van der Waals surface area contributed by atoms with Crippen molar-refractivity contribution in [3.05, 3.63) is 29.8 Å². The fraction of sp³-hybridized carbons (Fsp3) is 0.556. The Kier molecular flexibility index (Phi) is 8.23. The van der Waals surface area contributed by atoms with Gasteiger partial charge in [0.2, 0.25) is 15.9 Å². The number of carbonyl (C=O) groups is 1. The third kappa shape index (κ3) is 7.56. The van der Waals surface area contributed by atoms with Crippen molar-refractivity contribution in [2.45, 2.75) is 44.7 Å². The third-order valence-corrected chi connectivity index (χ3v) is 5.33. The number of benzene rings is 1. The van der Waals surface area contributed by atoms with Crippen LogP contribution in [0.15, 0.2) is 34.2 Å². The summed E-state index contributed by atoms with van der Waals surface area (Å²) in [4.78, 5) is 16.6. The molecule has 0 aliphatic carbocycles. The molecule has 0 heterocycles. The number of sulfonamides is 1. The molecule has 1 amide bonds. The largest absolute Gasteiger partial charge is 0.357 e. The summed E-state index contributed by atoms with van der Waals surface area (Å²) < 4.78 is 26.1. The first-order chi connectivity index (χ1) is 12.5. The number of carbonyl (C=O) groups excluding carboxylic acids is 1. The van der Waals surface area contributed by atoms with E-state index in [1.54, 1.807) is 24.3 Å². The number of aliphatic imine (C=N–C) groups is 1. The van der Waals surface area contributed by atoms with E-state index in [9.17, 15) is 13.2 Å². The molecule has 1 rings (SSSR count). The minimum atomic E-state index is -3.55. The van der Waals surface area contributed by atoms with Crippen LogP contribution < -0.4 is 16.0 Å². The maximum Gasteiger partial charge on any atom is 0.242 e. The molecule has 152 valence electrons. The molecule has 27 heavy (non-hydrogen) atoms. The van der Waals surface area contributed by atoms with Gasteiger partial charge in [-0.2, -0.15) is 0 Å². The number of hydrogen-bond donors (Lipinski definition) is 3. The molecule has 9 heteroatoms. The first kappa shape index (κ1) is 22.9. The van der Waals surface area contributed by atoms with Crippen molar-refractivity contribution >= 4 is 21.9 Å². The summed E-state index contributed by atoms with van der Waals surface area (Å²) in [5.74, 6) is 0.294. The molecule has 0 aliphatic rings. The van der Waals surface area contributed by atoms with E-state index >= 15 is 0 Å². The zero-order valence-corrected chi connectivity index (χ0v) is 17.8. The van der Waals surface area contributed by atoms with E-state index in [-0.39, 0.29) is 29.4 Å². The molecule has 0 bridgehead atoms. The van der Waals surface area contributed by atoms with Gasteiger partial charge in [0.05, 0.1) is 18.0 Å². The maximum atomic E-state index is 12.5. The lowest BCUT2D eigenvalue weighted by Crippen LogP contribution is -2.48. The normalized spacial score (nSPS) is 12.8. The predicted molar refractivity (Wildman–Crippen MR) is 108 cm³/mol. The molecule has 0 spiro atoms. The van der Waals surface area contributed by atoms with Gasteiger partial charge >= 0.3 is 0 Å². The topological polar surface area (TPSA) is 103 Å². The van der Waals surface area contributed by atoms with Crippen LogP contribution in [-0.4, -0.2) is 57.3 Å². The molecule has 0 unspecified atom stereocenters. The standard InChI is InChI=1S/C18H31N5O3S/c1-7-19-17(21-13-16(24)22-18(2,3)4)20-12-14-10-8-9-11-15(14)27(25,26)23(5)6/h8-11H,7,12-13H2,1-6H3,(H,22,24)(H2,19,20,21). The van der Waals surface area contributed by atoms with E-state index in [4.69, 9.17) is 0 Å². The minimum Gasteiger partial charge on any atom is -0.357 e. The minimum absolute atomic E-state index is 0.0702. The smallest absolute Gasteiger partial charge is 0.242 e. The van der Waals surface area contributed by atoms with Crippen molar-refractivity contribution in [3.63, 3.8) is 0 Å². The van der Waals surface area contributed by atoms with Gasteiger partial charge < -0.3 is 16.0 Å². The number of amides is 1. The van der Waals surface area contributed by atoms with Crippen LogP contribution in [-0.2, 0) is 21.4 Å². The Morgan fingerprint density at radius 3 is 2.33 bits per heavy atom. The van der Waals surface area contributed by atoms with Crippen LogP contribution in [0.1, 0.15) is 33.3 Å². The second kappa shape index (κ2) is 9.70. The van der Waals surface area contributed by atoms with Crippen LogP contribution in [0.2, 0.25) is 0 Å². The van der Waals surface area contributed by atoms with Gasteiger partial charge in [-0.25, -0.2) is 17.7 Å². The van der Waals surface area contributed by atoms with E-state index in [2.05, 4.69) is 20.9 Å². The summed E-state index contributed by atoms with van der Waals surface area (Å²) in [7, 11) is -0.565. The highest BCUT2D eigenvalue weighted by Gasteiger charge is 2.20. The molecule has 1 aromatic carbocycles. The van der Waals surface area contributed by atoms with Gasteiger partial charge in [-0.15, -0.1) is 0 Å². The van der Waals surface area contributed by atoms with Gasteiger partial charge in [0.15, 0.2) is 5.96 Å². The highest BCUT2D eigenvalue weighted by atomic mass is 32.2. The molecular formula is C18H31N5O3S. The van der Waals surface area contributed by atoms with Crippen molar-refractivity contribution < 1.29 is 13.2 Å². The third-order valence-electron chi connectivity index (χ3n) is 3.41. The molecule has 0 saturated heterocycles. The maximum absolute atomic E-state index is 12.5. The Balaban J connectivity index is 2.92.